The van der Waals surface area contributed by atoms with E-state index >= 15 is 0 Å². The summed E-state index contributed by atoms with van der Waals surface area (Å²) in [6.07, 6.45) is -4.41. The molecule has 0 aromatic heterocycles. The number of rotatable bonds is 2. The highest BCUT2D eigenvalue weighted by molar-refractivity contribution is 5.90. The van der Waals surface area contributed by atoms with Gasteiger partial charge in [-0.05, 0) is 23.8 Å². The van der Waals surface area contributed by atoms with Gasteiger partial charge >= 0.3 is 12.2 Å². The summed E-state index contributed by atoms with van der Waals surface area (Å²) in [6, 6.07) is 12.5. The van der Waals surface area contributed by atoms with Crippen molar-refractivity contribution in [3.63, 3.8) is 0 Å². The maximum Gasteiger partial charge on any atom is 0.416 e. The van der Waals surface area contributed by atoms with Crippen LogP contribution in [0.3, 0.4) is 0 Å². The number of benzene rings is 2. The van der Waals surface area contributed by atoms with Crippen molar-refractivity contribution in [1.29, 1.82) is 0 Å². The van der Waals surface area contributed by atoms with Crippen LogP contribution in [-0.4, -0.2) is 29.9 Å². The molecule has 0 radical (unpaired) electrons. The molecule has 1 saturated heterocycles. The van der Waals surface area contributed by atoms with E-state index < -0.39 is 23.8 Å². The van der Waals surface area contributed by atoms with Gasteiger partial charge in [0.25, 0.3) is 0 Å². The van der Waals surface area contributed by atoms with Crippen molar-refractivity contribution in [1.82, 2.24) is 10.2 Å². The fourth-order valence-corrected chi connectivity index (χ4v) is 3.01. The van der Waals surface area contributed by atoms with E-state index in [1.165, 1.54) is 17.0 Å². The van der Waals surface area contributed by atoms with Gasteiger partial charge in [0.2, 0.25) is 5.91 Å². The van der Waals surface area contributed by atoms with Gasteiger partial charge in [-0.1, -0.05) is 36.4 Å². The fourth-order valence-electron chi connectivity index (χ4n) is 3.01. The molecule has 5 nitrogen and oxygen atoms in total. The molecule has 142 valence electrons. The zero-order chi connectivity index (χ0) is 19.4. The molecule has 3 amide bonds. The van der Waals surface area contributed by atoms with Gasteiger partial charge in [-0.15, -0.1) is 0 Å². The van der Waals surface area contributed by atoms with Crippen LogP contribution in [0.5, 0.6) is 0 Å². The van der Waals surface area contributed by atoms with E-state index in [0.717, 1.165) is 17.7 Å². The number of carbonyl (C=O) groups excluding carboxylic acids is 2. The Morgan fingerprint density at radius 2 is 1.85 bits per heavy atom. The minimum Gasteiger partial charge on any atom is -0.354 e. The molecular formula is C19H18F3N3O2. The predicted octanol–water partition coefficient (Wildman–Crippen LogP) is 3.80. The molecule has 0 bridgehead atoms. The van der Waals surface area contributed by atoms with E-state index in [4.69, 9.17) is 0 Å². The Morgan fingerprint density at radius 1 is 1.11 bits per heavy atom. The molecule has 0 spiro atoms. The monoisotopic (exact) mass is 377 g/mol. The first kappa shape index (κ1) is 18.8. The van der Waals surface area contributed by atoms with Crippen molar-refractivity contribution in [2.24, 2.45) is 0 Å². The lowest BCUT2D eigenvalue weighted by Gasteiger charge is -2.29. The first-order chi connectivity index (χ1) is 12.8. The first-order valence-electron chi connectivity index (χ1n) is 8.41. The molecule has 2 N–H and O–H groups in total. The Kier molecular flexibility index (Phi) is 5.34. The Hall–Kier alpha value is -3.03. The Balaban J connectivity index is 1.84. The molecule has 3 rings (SSSR count). The second kappa shape index (κ2) is 7.69. The maximum atomic E-state index is 12.9. The van der Waals surface area contributed by atoms with E-state index in [2.05, 4.69) is 10.6 Å². The van der Waals surface area contributed by atoms with Crippen LogP contribution in [0.25, 0.3) is 0 Å². The van der Waals surface area contributed by atoms with Crippen LogP contribution in [0.2, 0.25) is 0 Å². The van der Waals surface area contributed by atoms with Gasteiger partial charge in [0.1, 0.15) is 0 Å². The molecule has 0 aliphatic carbocycles. The van der Waals surface area contributed by atoms with Gasteiger partial charge in [0, 0.05) is 18.8 Å². The van der Waals surface area contributed by atoms with Crippen LogP contribution >= 0.6 is 0 Å². The van der Waals surface area contributed by atoms with Crippen molar-refractivity contribution in [3.8, 4) is 0 Å². The van der Waals surface area contributed by atoms with Crippen LogP contribution in [0.1, 0.15) is 23.6 Å². The quantitative estimate of drug-likeness (QED) is 0.836. The summed E-state index contributed by atoms with van der Waals surface area (Å²) in [5.74, 6) is -0.182. The van der Waals surface area contributed by atoms with E-state index in [0.29, 0.717) is 0 Å². The number of anilines is 1. The number of amides is 3. The van der Waals surface area contributed by atoms with Crippen LogP contribution in [0.4, 0.5) is 23.7 Å². The highest BCUT2D eigenvalue weighted by Gasteiger charge is 2.32. The molecular weight excluding hydrogens is 359 g/mol. The van der Waals surface area contributed by atoms with Crippen molar-refractivity contribution in [3.05, 3.63) is 65.7 Å². The Bertz CT molecular complexity index is 824. The molecule has 0 unspecified atom stereocenters. The number of halogens is 3. The number of nitrogens with zero attached hydrogens (tertiary/aromatic N) is 1. The normalized spacial score (nSPS) is 17.8. The SMILES string of the molecule is O=C1C[C@@H](c2ccccc2)N(C(=O)Nc2cccc(C(F)(F)F)c2)CCN1. The average molecular weight is 377 g/mol. The molecule has 1 atom stereocenters. The highest BCUT2D eigenvalue weighted by Crippen LogP contribution is 2.31. The minimum atomic E-state index is -4.49. The summed E-state index contributed by atoms with van der Waals surface area (Å²) in [4.78, 5) is 26.2. The standard InChI is InChI=1S/C19H18F3N3O2/c20-19(21,22)14-7-4-8-15(11-14)24-18(27)25-10-9-23-17(26)12-16(25)13-5-2-1-3-6-13/h1-8,11,16H,9-10,12H2,(H,23,26)(H,24,27)/t16-/m0/s1. The molecule has 8 heteroatoms. The molecule has 2 aromatic rings. The van der Waals surface area contributed by atoms with Crippen molar-refractivity contribution in [2.45, 2.75) is 18.6 Å². The fraction of sp³-hybridized carbons (Fsp3) is 0.263. The van der Waals surface area contributed by atoms with Crippen LogP contribution in [0, 0.1) is 0 Å². The largest absolute Gasteiger partial charge is 0.416 e. The Labute approximate surface area is 154 Å². The van der Waals surface area contributed by atoms with Gasteiger partial charge in [0.05, 0.1) is 18.0 Å². The van der Waals surface area contributed by atoms with Crippen LogP contribution in [0.15, 0.2) is 54.6 Å². The van der Waals surface area contributed by atoms with E-state index in [1.807, 2.05) is 18.2 Å². The third kappa shape index (κ3) is 4.58. The lowest BCUT2D eigenvalue weighted by molar-refractivity contribution is -0.137. The number of alkyl halides is 3. The predicted molar refractivity (Wildman–Crippen MR) is 94.0 cm³/mol. The average Bonchev–Trinajstić information content (AvgIpc) is 2.83. The van der Waals surface area contributed by atoms with Gasteiger partial charge in [-0.25, -0.2) is 4.79 Å². The molecule has 1 heterocycles. The zero-order valence-electron chi connectivity index (χ0n) is 14.3. The number of hydrogen-bond donors (Lipinski definition) is 2. The molecule has 1 aliphatic heterocycles. The minimum absolute atomic E-state index is 0.0465. The summed E-state index contributed by atoms with van der Waals surface area (Å²) in [5.41, 5.74) is -0.00784. The van der Waals surface area contributed by atoms with Gasteiger partial charge in [0.15, 0.2) is 0 Å². The van der Waals surface area contributed by atoms with E-state index in [-0.39, 0.29) is 31.1 Å². The number of carbonyl (C=O) groups is 2. The second-order valence-corrected chi connectivity index (χ2v) is 6.18. The summed E-state index contributed by atoms with van der Waals surface area (Å²) in [5, 5.41) is 5.23. The summed E-state index contributed by atoms with van der Waals surface area (Å²) >= 11 is 0. The number of urea groups is 1. The second-order valence-electron chi connectivity index (χ2n) is 6.18. The highest BCUT2D eigenvalue weighted by atomic mass is 19.4. The van der Waals surface area contributed by atoms with Crippen LogP contribution in [-0.2, 0) is 11.0 Å². The number of nitrogens with one attached hydrogen (secondary N) is 2. The first-order valence-corrected chi connectivity index (χ1v) is 8.41. The van der Waals surface area contributed by atoms with Gasteiger partial charge < -0.3 is 15.5 Å². The summed E-state index contributed by atoms with van der Waals surface area (Å²) in [7, 11) is 0. The van der Waals surface area contributed by atoms with Crippen LogP contribution < -0.4 is 10.6 Å². The summed E-state index contributed by atoms with van der Waals surface area (Å²) < 4.78 is 38.6. The molecule has 1 fully saturated rings. The maximum absolute atomic E-state index is 12.9. The zero-order valence-corrected chi connectivity index (χ0v) is 14.3. The van der Waals surface area contributed by atoms with Crippen molar-refractivity contribution in [2.75, 3.05) is 18.4 Å². The lowest BCUT2D eigenvalue weighted by atomic mass is 10.0. The molecule has 1 aliphatic rings. The van der Waals surface area contributed by atoms with Gasteiger partial charge in [-0.3, -0.25) is 4.79 Å². The smallest absolute Gasteiger partial charge is 0.354 e. The molecule has 27 heavy (non-hydrogen) atoms. The molecule has 0 saturated carbocycles. The van der Waals surface area contributed by atoms with E-state index in [9.17, 15) is 22.8 Å². The van der Waals surface area contributed by atoms with Crippen molar-refractivity contribution >= 4 is 17.6 Å². The number of hydrogen-bond acceptors (Lipinski definition) is 2. The topological polar surface area (TPSA) is 61.4 Å². The third-order valence-electron chi connectivity index (χ3n) is 4.32. The van der Waals surface area contributed by atoms with Crippen molar-refractivity contribution < 1.29 is 22.8 Å². The van der Waals surface area contributed by atoms with E-state index in [1.54, 1.807) is 12.1 Å². The molecule has 2 aromatic carbocycles. The third-order valence-corrected chi connectivity index (χ3v) is 4.32. The summed E-state index contributed by atoms with van der Waals surface area (Å²) in [6.45, 7) is 0.522. The Morgan fingerprint density at radius 3 is 2.56 bits per heavy atom. The van der Waals surface area contributed by atoms with Gasteiger partial charge in [-0.2, -0.15) is 13.2 Å². The lowest BCUT2D eigenvalue weighted by Crippen LogP contribution is -2.39.